The molecule has 5 heteroatoms. The number of anilines is 2. The molecule has 1 aromatic heterocycles. The van der Waals surface area contributed by atoms with Crippen LogP contribution >= 0.6 is 0 Å². The average Bonchev–Trinajstić information content (AvgIpc) is 2.67. The van der Waals surface area contributed by atoms with Gasteiger partial charge in [0.2, 0.25) is 0 Å². The molecule has 1 aliphatic rings. The Morgan fingerprint density at radius 2 is 2.11 bits per heavy atom. The van der Waals surface area contributed by atoms with Crippen LogP contribution in [-0.2, 0) is 0 Å². The second-order valence-corrected chi connectivity index (χ2v) is 7.80. The second kappa shape index (κ2) is 7.76. The number of likely N-dealkylation sites (N-methyl/N-ethyl adjacent to an activating group) is 1. The van der Waals surface area contributed by atoms with Gasteiger partial charge in [0.05, 0.1) is 0 Å². The standard InChI is InChI=1S/C23H27FN4/c1-15-6-5-8-20(24)23(15)16-10-17-13-27-22(25)12-19(17)21(11-16)26-14-18-7-3-4-9-28(18)2/h5-6,8,10-13,18,26H,3-4,7,9,14H2,1-2H3,(H2,25,27)/t18-/m0/s1. The van der Waals surface area contributed by atoms with Crippen LogP contribution in [0.4, 0.5) is 15.9 Å². The molecule has 3 aromatic rings. The summed E-state index contributed by atoms with van der Waals surface area (Å²) in [5.41, 5.74) is 9.33. The van der Waals surface area contributed by atoms with Gasteiger partial charge in [-0.3, -0.25) is 0 Å². The number of pyridine rings is 1. The van der Waals surface area contributed by atoms with Gasteiger partial charge in [-0.1, -0.05) is 18.6 Å². The summed E-state index contributed by atoms with van der Waals surface area (Å²) in [5.74, 6) is 0.279. The van der Waals surface area contributed by atoms with Crippen LogP contribution in [0.3, 0.4) is 0 Å². The number of likely N-dealkylation sites (tertiary alicyclic amines) is 1. The third-order valence-electron chi connectivity index (χ3n) is 5.82. The highest BCUT2D eigenvalue weighted by Gasteiger charge is 2.19. The molecule has 4 nitrogen and oxygen atoms in total. The van der Waals surface area contributed by atoms with Gasteiger partial charge in [0, 0.05) is 40.8 Å². The Labute approximate surface area is 165 Å². The van der Waals surface area contributed by atoms with Gasteiger partial charge in [-0.25, -0.2) is 9.37 Å². The molecule has 0 saturated carbocycles. The molecule has 1 saturated heterocycles. The van der Waals surface area contributed by atoms with Crippen LogP contribution in [0.5, 0.6) is 0 Å². The molecule has 2 aromatic carbocycles. The third-order valence-corrected chi connectivity index (χ3v) is 5.82. The van der Waals surface area contributed by atoms with E-state index in [4.69, 9.17) is 5.73 Å². The molecule has 0 aliphatic carbocycles. The number of nitrogens with one attached hydrogen (secondary N) is 1. The fourth-order valence-electron chi connectivity index (χ4n) is 4.19. The molecule has 1 aliphatic heterocycles. The Hall–Kier alpha value is -2.66. The van der Waals surface area contributed by atoms with Crippen LogP contribution in [0.2, 0.25) is 0 Å². The van der Waals surface area contributed by atoms with Gasteiger partial charge < -0.3 is 16.0 Å². The van der Waals surface area contributed by atoms with Gasteiger partial charge in [0.25, 0.3) is 0 Å². The van der Waals surface area contributed by atoms with Crippen molar-refractivity contribution in [1.29, 1.82) is 0 Å². The van der Waals surface area contributed by atoms with Crippen molar-refractivity contribution in [2.45, 2.75) is 32.2 Å². The van der Waals surface area contributed by atoms with E-state index < -0.39 is 0 Å². The van der Waals surface area contributed by atoms with E-state index in [1.165, 1.54) is 25.3 Å². The lowest BCUT2D eigenvalue weighted by Gasteiger charge is -2.33. The topological polar surface area (TPSA) is 54.2 Å². The summed E-state index contributed by atoms with van der Waals surface area (Å²) in [5, 5.41) is 5.59. The van der Waals surface area contributed by atoms with Crippen LogP contribution in [0.1, 0.15) is 24.8 Å². The number of hydrogen-bond donors (Lipinski definition) is 2. The molecule has 0 bridgehead atoms. The Bertz CT molecular complexity index is 981. The molecule has 0 amide bonds. The van der Waals surface area contributed by atoms with Crippen LogP contribution in [0.25, 0.3) is 21.9 Å². The molecule has 146 valence electrons. The molecule has 1 atom stereocenters. The smallest absolute Gasteiger partial charge is 0.131 e. The number of aromatic nitrogens is 1. The van der Waals surface area contributed by atoms with Gasteiger partial charge in [-0.2, -0.15) is 0 Å². The van der Waals surface area contributed by atoms with E-state index in [1.54, 1.807) is 12.3 Å². The number of piperidine rings is 1. The van der Waals surface area contributed by atoms with Crippen molar-refractivity contribution in [3.63, 3.8) is 0 Å². The minimum atomic E-state index is -0.208. The average molecular weight is 378 g/mol. The summed E-state index contributed by atoms with van der Waals surface area (Å²) < 4.78 is 14.6. The van der Waals surface area contributed by atoms with Crippen molar-refractivity contribution in [1.82, 2.24) is 9.88 Å². The molecule has 1 fully saturated rings. The molecular weight excluding hydrogens is 351 g/mol. The normalized spacial score (nSPS) is 17.8. The highest BCUT2D eigenvalue weighted by Crippen LogP contribution is 2.34. The number of benzene rings is 2. The minimum absolute atomic E-state index is 0.208. The van der Waals surface area contributed by atoms with E-state index in [1.807, 2.05) is 31.2 Å². The third kappa shape index (κ3) is 3.67. The lowest BCUT2D eigenvalue weighted by molar-refractivity contribution is 0.195. The SMILES string of the molecule is Cc1cccc(F)c1-c1cc(NC[C@@H]2CCCCN2C)c2cc(N)ncc2c1. The highest BCUT2D eigenvalue weighted by atomic mass is 19.1. The van der Waals surface area contributed by atoms with E-state index in [2.05, 4.69) is 22.2 Å². The molecule has 28 heavy (non-hydrogen) atoms. The monoisotopic (exact) mass is 378 g/mol. The van der Waals surface area contributed by atoms with Gasteiger partial charge in [0.15, 0.2) is 0 Å². The fraction of sp³-hybridized carbons (Fsp3) is 0.348. The largest absolute Gasteiger partial charge is 0.384 e. The van der Waals surface area contributed by atoms with Gasteiger partial charge in [0.1, 0.15) is 11.6 Å². The number of rotatable bonds is 4. The van der Waals surface area contributed by atoms with Crippen LogP contribution in [-0.4, -0.2) is 36.1 Å². The van der Waals surface area contributed by atoms with Gasteiger partial charge in [-0.15, -0.1) is 0 Å². The zero-order chi connectivity index (χ0) is 19.7. The number of nitrogen functional groups attached to an aromatic ring is 1. The minimum Gasteiger partial charge on any atom is -0.384 e. The van der Waals surface area contributed by atoms with Crippen molar-refractivity contribution in [3.05, 3.63) is 54.0 Å². The summed E-state index contributed by atoms with van der Waals surface area (Å²) in [6.07, 6.45) is 5.49. The number of fused-ring (bicyclic) bond motifs is 1. The Morgan fingerprint density at radius 3 is 2.89 bits per heavy atom. The summed E-state index contributed by atoms with van der Waals surface area (Å²) >= 11 is 0. The first-order chi connectivity index (χ1) is 13.5. The van der Waals surface area contributed by atoms with E-state index >= 15 is 0 Å². The van der Waals surface area contributed by atoms with Crippen molar-refractivity contribution in [2.24, 2.45) is 0 Å². The van der Waals surface area contributed by atoms with Gasteiger partial charge >= 0.3 is 0 Å². The van der Waals surface area contributed by atoms with Crippen molar-refractivity contribution in [3.8, 4) is 11.1 Å². The molecule has 3 N–H and O–H groups in total. The molecule has 2 heterocycles. The number of nitrogens with zero attached hydrogens (tertiary/aromatic N) is 2. The van der Waals surface area contributed by atoms with E-state index in [9.17, 15) is 4.39 Å². The van der Waals surface area contributed by atoms with Crippen molar-refractivity contribution >= 4 is 22.3 Å². The first-order valence-electron chi connectivity index (χ1n) is 9.92. The lowest BCUT2D eigenvalue weighted by Crippen LogP contribution is -2.40. The van der Waals surface area contributed by atoms with Crippen LogP contribution in [0, 0.1) is 12.7 Å². The maximum atomic E-state index is 14.6. The van der Waals surface area contributed by atoms with E-state index in [0.717, 1.165) is 40.7 Å². The zero-order valence-electron chi connectivity index (χ0n) is 16.5. The number of nitrogens with two attached hydrogens (primary N) is 1. The first kappa shape index (κ1) is 18.7. The molecule has 0 spiro atoms. The zero-order valence-corrected chi connectivity index (χ0v) is 16.5. The number of hydrogen-bond acceptors (Lipinski definition) is 4. The Balaban J connectivity index is 1.76. The van der Waals surface area contributed by atoms with E-state index in [0.29, 0.717) is 17.4 Å². The van der Waals surface area contributed by atoms with Crippen LogP contribution in [0.15, 0.2) is 42.6 Å². The first-order valence-corrected chi connectivity index (χ1v) is 9.92. The molecule has 0 radical (unpaired) electrons. The van der Waals surface area contributed by atoms with Crippen molar-refractivity contribution in [2.75, 3.05) is 31.2 Å². The second-order valence-electron chi connectivity index (χ2n) is 7.80. The Kier molecular flexibility index (Phi) is 5.18. The predicted octanol–water partition coefficient (Wildman–Crippen LogP) is 4.83. The molecular formula is C23H27FN4. The lowest BCUT2D eigenvalue weighted by atomic mass is 9.96. The fourth-order valence-corrected chi connectivity index (χ4v) is 4.19. The predicted molar refractivity (Wildman–Crippen MR) is 115 cm³/mol. The van der Waals surface area contributed by atoms with E-state index in [-0.39, 0.29) is 5.82 Å². The summed E-state index contributed by atoms with van der Waals surface area (Å²) in [6.45, 7) is 3.93. The summed E-state index contributed by atoms with van der Waals surface area (Å²) in [7, 11) is 2.19. The van der Waals surface area contributed by atoms with Gasteiger partial charge in [-0.05, 0) is 68.8 Å². The summed E-state index contributed by atoms with van der Waals surface area (Å²) in [4.78, 5) is 6.65. The van der Waals surface area contributed by atoms with Crippen molar-refractivity contribution < 1.29 is 4.39 Å². The maximum Gasteiger partial charge on any atom is 0.131 e. The Morgan fingerprint density at radius 1 is 1.25 bits per heavy atom. The maximum absolute atomic E-state index is 14.6. The van der Waals surface area contributed by atoms with Crippen LogP contribution < -0.4 is 11.1 Å². The quantitative estimate of drug-likeness (QED) is 0.683. The number of aryl methyl sites for hydroxylation is 1. The summed E-state index contributed by atoms with van der Waals surface area (Å²) in [6, 6.07) is 11.6. The highest BCUT2D eigenvalue weighted by molar-refractivity contribution is 5.98. The number of halogens is 1. The molecule has 4 rings (SSSR count). The molecule has 0 unspecified atom stereocenters.